The van der Waals surface area contributed by atoms with Gasteiger partial charge in [-0.2, -0.15) is 0 Å². The van der Waals surface area contributed by atoms with Gasteiger partial charge in [0.15, 0.2) is 0 Å². The van der Waals surface area contributed by atoms with E-state index in [0.717, 1.165) is 18.8 Å². The highest BCUT2D eigenvalue weighted by molar-refractivity contribution is 5.67. The van der Waals surface area contributed by atoms with Crippen molar-refractivity contribution in [1.82, 2.24) is 0 Å². The summed E-state index contributed by atoms with van der Waals surface area (Å²) in [5.74, 6) is 1.28. The van der Waals surface area contributed by atoms with Crippen LogP contribution in [0, 0.1) is 17.8 Å². The predicted molar refractivity (Wildman–Crippen MR) is 52.5 cm³/mol. The molecule has 0 radical (unpaired) electrons. The lowest BCUT2D eigenvalue weighted by Crippen LogP contribution is -2.11. The molecule has 3 atom stereocenters. The van der Waals surface area contributed by atoms with Crippen LogP contribution >= 0.6 is 0 Å². The van der Waals surface area contributed by atoms with Crippen LogP contribution in [0.3, 0.4) is 0 Å². The molecule has 1 rings (SSSR count). The first kappa shape index (κ1) is 10.6. The molecular weight excluding hydrogens is 164 g/mol. The monoisotopic (exact) mass is 184 g/mol. The normalized spacial score (nSPS) is 33.5. The molecule has 1 N–H and O–H groups in total. The van der Waals surface area contributed by atoms with Crippen molar-refractivity contribution in [3.63, 3.8) is 0 Å². The molecule has 3 unspecified atom stereocenters. The van der Waals surface area contributed by atoms with Gasteiger partial charge >= 0.3 is 5.97 Å². The topological polar surface area (TPSA) is 37.3 Å². The zero-order valence-corrected chi connectivity index (χ0v) is 8.62. The third-order valence-electron chi connectivity index (χ3n) is 3.48. The Kier molecular flexibility index (Phi) is 3.76. The van der Waals surface area contributed by atoms with Crippen molar-refractivity contribution in [2.45, 2.75) is 46.0 Å². The van der Waals surface area contributed by atoms with Gasteiger partial charge in [0.25, 0.3) is 0 Å². The molecule has 0 spiro atoms. The number of carbonyl (C=O) groups is 1. The quantitative estimate of drug-likeness (QED) is 0.729. The van der Waals surface area contributed by atoms with Gasteiger partial charge < -0.3 is 5.11 Å². The van der Waals surface area contributed by atoms with Gasteiger partial charge in [0, 0.05) is 6.42 Å². The first-order valence-corrected chi connectivity index (χ1v) is 5.39. The van der Waals surface area contributed by atoms with Crippen LogP contribution in [-0.4, -0.2) is 11.1 Å². The Morgan fingerprint density at radius 3 is 2.31 bits per heavy atom. The highest BCUT2D eigenvalue weighted by Crippen LogP contribution is 2.41. The first-order chi connectivity index (χ1) is 6.17. The fourth-order valence-electron chi connectivity index (χ4n) is 2.65. The molecule has 1 fully saturated rings. The van der Waals surface area contributed by atoms with Crippen molar-refractivity contribution in [3.8, 4) is 0 Å². The van der Waals surface area contributed by atoms with E-state index in [1.807, 2.05) is 0 Å². The van der Waals surface area contributed by atoms with Crippen molar-refractivity contribution < 1.29 is 9.90 Å². The van der Waals surface area contributed by atoms with Crippen LogP contribution in [0.15, 0.2) is 0 Å². The third kappa shape index (κ3) is 2.71. The predicted octanol–water partition coefficient (Wildman–Crippen LogP) is 2.92. The highest BCUT2D eigenvalue weighted by Gasteiger charge is 2.33. The van der Waals surface area contributed by atoms with Crippen LogP contribution in [0.2, 0.25) is 0 Å². The molecule has 0 saturated heterocycles. The van der Waals surface area contributed by atoms with E-state index in [4.69, 9.17) is 5.11 Å². The number of rotatable bonds is 4. The van der Waals surface area contributed by atoms with E-state index in [1.165, 1.54) is 12.8 Å². The summed E-state index contributed by atoms with van der Waals surface area (Å²) < 4.78 is 0. The van der Waals surface area contributed by atoms with Crippen molar-refractivity contribution in [2.24, 2.45) is 17.8 Å². The molecule has 1 aliphatic carbocycles. The second-order valence-corrected chi connectivity index (χ2v) is 4.27. The molecule has 0 aliphatic heterocycles. The Morgan fingerprint density at radius 2 is 1.85 bits per heavy atom. The van der Waals surface area contributed by atoms with Gasteiger partial charge in [-0.3, -0.25) is 4.79 Å². The minimum absolute atomic E-state index is 0.384. The van der Waals surface area contributed by atoms with Crippen molar-refractivity contribution in [3.05, 3.63) is 0 Å². The summed E-state index contributed by atoms with van der Waals surface area (Å²) in [5, 5.41) is 8.75. The van der Waals surface area contributed by atoms with Crippen LogP contribution in [0.4, 0.5) is 0 Å². The standard InChI is InChI=1S/C11H20O2/c1-3-8-5-9(4-2)10(6-8)7-11(12)13/h8-10H,3-7H2,1-2H3,(H,12,13). The van der Waals surface area contributed by atoms with Crippen LogP contribution < -0.4 is 0 Å². The fourth-order valence-corrected chi connectivity index (χ4v) is 2.65. The van der Waals surface area contributed by atoms with Gasteiger partial charge in [-0.05, 0) is 30.6 Å². The fraction of sp³-hybridized carbons (Fsp3) is 0.909. The Labute approximate surface area is 80.3 Å². The van der Waals surface area contributed by atoms with E-state index >= 15 is 0 Å². The number of hydrogen-bond donors (Lipinski definition) is 1. The third-order valence-corrected chi connectivity index (χ3v) is 3.48. The van der Waals surface area contributed by atoms with Crippen molar-refractivity contribution in [1.29, 1.82) is 0 Å². The van der Waals surface area contributed by atoms with Crippen LogP contribution in [0.5, 0.6) is 0 Å². The van der Waals surface area contributed by atoms with Gasteiger partial charge in [-0.25, -0.2) is 0 Å². The van der Waals surface area contributed by atoms with E-state index in [1.54, 1.807) is 0 Å². The van der Waals surface area contributed by atoms with Crippen LogP contribution in [0.25, 0.3) is 0 Å². The highest BCUT2D eigenvalue weighted by atomic mass is 16.4. The van der Waals surface area contributed by atoms with Gasteiger partial charge in [0.05, 0.1) is 0 Å². The molecule has 1 aliphatic rings. The summed E-state index contributed by atoms with van der Waals surface area (Å²) >= 11 is 0. The lowest BCUT2D eigenvalue weighted by atomic mass is 9.91. The Hall–Kier alpha value is -0.530. The number of carboxylic acids is 1. The average Bonchev–Trinajstić information content (AvgIpc) is 2.46. The summed E-state index contributed by atoms with van der Waals surface area (Å²) in [6.07, 6.45) is 5.14. The molecule has 0 aromatic heterocycles. The van der Waals surface area contributed by atoms with E-state index < -0.39 is 5.97 Å². The molecule has 1 saturated carbocycles. The molecule has 0 bridgehead atoms. The Balaban J connectivity index is 2.47. The largest absolute Gasteiger partial charge is 0.481 e. The number of carboxylic acid groups (broad SMARTS) is 1. The summed E-state index contributed by atoms with van der Waals surface area (Å²) in [7, 11) is 0. The minimum Gasteiger partial charge on any atom is -0.481 e. The zero-order valence-electron chi connectivity index (χ0n) is 8.62. The molecule has 0 heterocycles. The van der Waals surface area contributed by atoms with E-state index in [0.29, 0.717) is 18.3 Å². The smallest absolute Gasteiger partial charge is 0.303 e. The van der Waals surface area contributed by atoms with E-state index in [-0.39, 0.29) is 0 Å². The zero-order chi connectivity index (χ0) is 9.84. The Morgan fingerprint density at radius 1 is 1.23 bits per heavy atom. The molecule has 0 amide bonds. The van der Waals surface area contributed by atoms with Crippen molar-refractivity contribution in [2.75, 3.05) is 0 Å². The molecule has 13 heavy (non-hydrogen) atoms. The second kappa shape index (κ2) is 4.64. The van der Waals surface area contributed by atoms with Crippen LogP contribution in [0.1, 0.15) is 46.0 Å². The average molecular weight is 184 g/mol. The van der Waals surface area contributed by atoms with E-state index in [9.17, 15) is 4.79 Å². The summed E-state index contributed by atoms with van der Waals surface area (Å²) in [5.41, 5.74) is 0. The summed E-state index contributed by atoms with van der Waals surface area (Å²) in [6, 6.07) is 0. The summed E-state index contributed by atoms with van der Waals surface area (Å²) in [6.45, 7) is 4.39. The van der Waals surface area contributed by atoms with Crippen molar-refractivity contribution >= 4 is 5.97 Å². The number of hydrogen-bond acceptors (Lipinski definition) is 1. The van der Waals surface area contributed by atoms with Gasteiger partial charge in [-0.1, -0.05) is 26.7 Å². The minimum atomic E-state index is -0.625. The molecular formula is C11H20O2. The maximum absolute atomic E-state index is 10.6. The van der Waals surface area contributed by atoms with Gasteiger partial charge in [0.2, 0.25) is 0 Å². The maximum Gasteiger partial charge on any atom is 0.303 e. The second-order valence-electron chi connectivity index (χ2n) is 4.27. The maximum atomic E-state index is 10.6. The van der Waals surface area contributed by atoms with Crippen LogP contribution in [-0.2, 0) is 4.79 Å². The number of aliphatic carboxylic acids is 1. The lowest BCUT2D eigenvalue weighted by Gasteiger charge is -2.14. The van der Waals surface area contributed by atoms with E-state index in [2.05, 4.69) is 13.8 Å². The Bertz CT molecular complexity index is 177. The molecule has 0 aromatic carbocycles. The SMILES string of the molecule is CCC1CC(CC)C(CC(=O)O)C1. The molecule has 76 valence electrons. The van der Waals surface area contributed by atoms with Gasteiger partial charge in [-0.15, -0.1) is 0 Å². The lowest BCUT2D eigenvalue weighted by molar-refractivity contribution is -0.138. The summed E-state index contributed by atoms with van der Waals surface area (Å²) in [4.78, 5) is 10.6. The molecule has 2 heteroatoms. The molecule has 0 aromatic rings. The first-order valence-electron chi connectivity index (χ1n) is 5.39. The van der Waals surface area contributed by atoms with Gasteiger partial charge in [0.1, 0.15) is 0 Å². The molecule has 2 nitrogen and oxygen atoms in total.